The van der Waals surface area contributed by atoms with Gasteiger partial charge >= 0.3 is 5.97 Å². The van der Waals surface area contributed by atoms with Crippen LogP contribution in [0.1, 0.15) is 34.3 Å². The molecule has 0 bridgehead atoms. The average molecular weight is 381 g/mol. The van der Waals surface area contributed by atoms with Crippen LogP contribution in [0, 0.1) is 0 Å². The molecule has 0 saturated carbocycles. The average Bonchev–Trinajstić information content (AvgIpc) is 3.00. The number of rotatable bonds is 4. The number of carbonyl (C=O) groups excluding carboxylic acids is 2. The molecule has 0 aromatic heterocycles. The molecule has 1 fully saturated rings. The van der Waals surface area contributed by atoms with E-state index in [0.29, 0.717) is 49.4 Å². The zero-order valence-corrected chi connectivity index (χ0v) is 16.1. The van der Waals surface area contributed by atoms with Gasteiger partial charge in [0.1, 0.15) is 5.60 Å². The largest absolute Gasteiger partial charge is 0.493 e. The summed E-state index contributed by atoms with van der Waals surface area (Å²) in [6.07, 6.45) is 1.53. The lowest BCUT2D eigenvalue weighted by molar-refractivity contribution is -0.134. The van der Waals surface area contributed by atoms with E-state index in [4.69, 9.17) is 14.2 Å². The monoisotopic (exact) mass is 381 g/mol. The minimum absolute atomic E-state index is 0.0553. The van der Waals surface area contributed by atoms with E-state index >= 15 is 0 Å². The Morgan fingerprint density at radius 3 is 2.50 bits per heavy atom. The highest BCUT2D eigenvalue weighted by molar-refractivity contribution is 5.94. The van der Waals surface area contributed by atoms with Crippen molar-refractivity contribution in [3.05, 3.63) is 59.2 Å². The van der Waals surface area contributed by atoms with Crippen LogP contribution in [0.2, 0.25) is 0 Å². The highest BCUT2D eigenvalue weighted by Gasteiger charge is 2.47. The Morgan fingerprint density at radius 1 is 1.07 bits per heavy atom. The minimum Gasteiger partial charge on any atom is -0.493 e. The number of nitrogens with zero attached hydrogens (tertiary/aromatic N) is 1. The second-order valence-corrected chi connectivity index (χ2v) is 7.18. The summed E-state index contributed by atoms with van der Waals surface area (Å²) in [4.78, 5) is 26.8. The number of esters is 1. The molecule has 1 saturated heterocycles. The molecule has 0 N–H and O–H groups in total. The lowest BCUT2D eigenvalue weighted by Crippen LogP contribution is -2.45. The quantitative estimate of drug-likeness (QED) is 0.762. The molecule has 0 atom stereocenters. The van der Waals surface area contributed by atoms with Gasteiger partial charge in [-0.15, -0.1) is 0 Å². The van der Waals surface area contributed by atoms with Crippen molar-refractivity contribution in [3.63, 3.8) is 0 Å². The standard InChI is InChI=1S/C22H23NO5/c1-26-18-8-7-15(13-19(18)27-2)14-20(24)23-11-9-22(10-12-23)17-6-4-3-5-16(17)21(25)28-22/h3-8,13H,9-12,14H2,1-2H3. The van der Waals surface area contributed by atoms with Gasteiger partial charge in [-0.05, 0) is 23.8 Å². The fourth-order valence-corrected chi connectivity index (χ4v) is 4.11. The van der Waals surface area contributed by atoms with Crippen molar-refractivity contribution in [1.82, 2.24) is 4.90 Å². The molecule has 146 valence electrons. The van der Waals surface area contributed by atoms with E-state index in [-0.39, 0.29) is 11.9 Å². The van der Waals surface area contributed by atoms with Crippen molar-refractivity contribution in [2.24, 2.45) is 0 Å². The Morgan fingerprint density at radius 2 is 1.79 bits per heavy atom. The molecule has 1 spiro atoms. The van der Waals surface area contributed by atoms with E-state index in [1.54, 1.807) is 20.3 Å². The van der Waals surface area contributed by atoms with Crippen molar-refractivity contribution in [2.45, 2.75) is 24.9 Å². The predicted octanol–water partition coefficient (Wildman–Crippen LogP) is 2.93. The first-order valence-corrected chi connectivity index (χ1v) is 9.38. The summed E-state index contributed by atoms with van der Waals surface area (Å²) in [6.45, 7) is 1.13. The molecule has 4 rings (SSSR count). The molecular weight excluding hydrogens is 358 g/mol. The first-order valence-electron chi connectivity index (χ1n) is 9.38. The number of carbonyl (C=O) groups is 2. The van der Waals surface area contributed by atoms with Gasteiger partial charge in [0.05, 0.1) is 26.2 Å². The molecular formula is C22H23NO5. The predicted molar refractivity (Wildman–Crippen MR) is 103 cm³/mol. The van der Waals surface area contributed by atoms with Gasteiger partial charge in [0.25, 0.3) is 0 Å². The third-order valence-electron chi connectivity index (χ3n) is 5.65. The maximum Gasteiger partial charge on any atom is 0.339 e. The molecule has 2 heterocycles. The Hall–Kier alpha value is -3.02. The number of hydrogen-bond acceptors (Lipinski definition) is 5. The van der Waals surface area contributed by atoms with Gasteiger partial charge in [-0.1, -0.05) is 24.3 Å². The molecule has 2 aromatic rings. The van der Waals surface area contributed by atoms with Crippen LogP contribution in [0.5, 0.6) is 11.5 Å². The maximum atomic E-state index is 12.8. The van der Waals surface area contributed by atoms with Crippen LogP contribution in [0.25, 0.3) is 0 Å². The van der Waals surface area contributed by atoms with Crippen LogP contribution in [-0.4, -0.2) is 44.1 Å². The molecule has 6 nitrogen and oxygen atoms in total. The number of piperidine rings is 1. The van der Waals surface area contributed by atoms with Gasteiger partial charge in [0.2, 0.25) is 5.91 Å². The van der Waals surface area contributed by atoms with E-state index in [9.17, 15) is 9.59 Å². The number of likely N-dealkylation sites (tertiary alicyclic amines) is 1. The maximum absolute atomic E-state index is 12.8. The summed E-state index contributed by atoms with van der Waals surface area (Å²) >= 11 is 0. The second-order valence-electron chi connectivity index (χ2n) is 7.18. The van der Waals surface area contributed by atoms with E-state index in [2.05, 4.69) is 0 Å². The smallest absolute Gasteiger partial charge is 0.339 e. The third kappa shape index (κ3) is 3.09. The molecule has 0 radical (unpaired) electrons. The van der Waals surface area contributed by atoms with E-state index < -0.39 is 5.60 Å². The summed E-state index contributed by atoms with van der Waals surface area (Å²) in [5, 5.41) is 0. The first kappa shape index (κ1) is 18.3. The zero-order chi connectivity index (χ0) is 19.7. The molecule has 0 aliphatic carbocycles. The number of methoxy groups -OCH3 is 2. The molecule has 1 amide bonds. The zero-order valence-electron chi connectivity index (χ0n) is 16.1. The summed E-state index contributed by atoms with van der Waals surface area (Å²) in [5.74, 6) is 1.04. The number of fused-ring (bicyclic) bond motifs is 2. The van der Waals surface area contributed by atoms with Crippen LogP contribution < -0.4 is 9.47 Å². The summed E-state index contributed by atoms with van der Waals surface area (Å²) in [6, 6.07) is 13.1. The van der Waals surface area contributed by atoms with Gasteiger partial charge in [0, 0.05) is 31.5 Å². The lowest BCUT2D eigenvalue weighted by atomic mass is 9.83. The SMILES string of the molecule is COc1ccc(CC(=O)N2CCC3(CC2)OC(=O)c2ccccc23)cc1OC. The van der Waals surface area contributed by atoms with Gasteiger partial charge < -0.3 is 19.1 Å². The lowest BCUT2D eigenvalue weighted by Gasteiger charge is -2.38. The van der Waals surface area contributed by atoms with Crippen molar-refractivity contribution in [2.75, 3.05) is 27.3 Å². The molecule has 2 aliphatic heterocycles. The van der Waals surface area contributed by atoms with E-state index in [0.717, 1.165) is 11.1 Å². The van der Waals surface area contributed by atoms with Crippen LogP contribution >= 0.6 is 0 Å². The topological polar surface area (TPSA) is 65.1 Å². The first-order chi connectivity index (χ1) is 13.6. The molecule has 2 aliphatic rings. The van der Waals surface area contributed by atoms with Gasteiger partial charge in [-0.3, -0.25) is 4.79 Å². The van der Waals surface area contributed by atoms with Gasteiger partial charge in [-0.2, -0.15) is 0 Å². The number of ether oxygens (including phenoxy) is 3. The van der Waals surface area contributed by atoms with E-state index in [1.807, 2.05) is 41.3 Å². The van der Waals surface area contributed by atoms with Gasteiger partial charge in [0.15, 0.2) is 11.5 Å². The Balaban J connectivity index is 1.43. The number of benzene rings is 2. The highest BCUT2D eigenvalue weighted by atomic mass is 16.6. The van der Waals surface area contributed by atoms with Crippen LogP contribution in [0.15, 0.2) is 42.5 Å². The van der Waals surface area contributed by atoms with Crippen LogP contribution in [0.3, 0.4) is 0 Å². The number of hydrogen-bond donors (Lipinski definition) is 0. The summed E-state index contributed by atoms with van der Waals surface area (Å²) < 4.78 is 16.3. The van der Waals surface area contributed by atoms with Crippen molar-refractivity contribution >= 4 is 11.9 Å². The van der Waals surface area contributed by atoms with Crippen LogP contribution in [0.4, 0.5) is 0 Å². The Labute approximate surface area is 164 Å². The van der Waals surface area contributed by atoms with Crippen molar-refractivity contribution < 1.29 is 23.8 Å². The number of amides is 1. The molecule has 0 unspecified atom stereocenters. The summed E-state index contributed by atoms with van der Waals surface area (Å²) in [5.41, 5.74) is 1.88. The normalized spacial score (nSPS) is 17.2. The molecule has 28 heavy (non-hydrogen) atoms. The Bertz CT molecular complexity index is 915. The third-order valence-corrected chi connectivity index (χ3v) is 5.65. The Kier molecular flexibility index (Phi) is 4.71. The fraction of sp³-hybridized carbons (Fsp3) is 0.364. The second kappa shape index (κ2) is 7.19. The fourth-order valence-electron chi connectivity index (χ4n) is 4.11. The molecule has 6 heteroatoms. The molecule has 2 aromatic carbocycles. The van der Waals surface area contributed by atoms with Crippen molar-refractivity contribution in [3.8, 4) is 11.5 Å². The highest BCUT2D eigenvalue weighted by Crippen LogP contribution is 2.44. The van der Waals surface area contributed by atoms with Gasteiger partial charge in [-0.25, -0.2) is 4.79 Å². The van der Waals surface area contributed by atoms with Crippen LogP contribution in [-0.2, 0) is 21.6 Å². The van der Waals surface area contributed by atoms with Crippen molar-refractivity contribution in [1.29, 1.82) is 0 Å². The minimum atomic E-state index is -0.589. The summed E-state index contributed by atoms with van der Waals surface area (Å²) in [7, 11) is 3.16. The van der Waals surface area contributed by atoms with E-state index in [1.165, 1.54) is 0 Å².